The summed E-state index contributed by atoms with van der Waals surface area (Å²) < 4.78 is 6.94. The highest BCUT2D eigenvalue weighted by atomic mass is 79.9. The number of hydrogen-bond donors (Lipinski definition) is 5. The average Bonchev–Trinajstić information content (AvgIpc) is 3.10. The molecule has 132 valence electrons. The molecule has 1 aliphatic rings. The van der Waals surface area contributed by atoms with Crippen LogP contribution in [-0.2, 0) is 4.74 Å². The molecule has 2 aromatic heterocycles. The van der Waals surface area contributed by atoms with Crippen LogP contribution in [0.25, 0.3) is 11.2 Å². The van der Waals surface area contributed by atoms with Crippen LogP contribution < -0.4 is 5.32 Å². The molecule has 3 rings (SSSR count). The minimum Gasteiger partial charge on any atom is -0.394 e. The molecular weight excluding hydrogens is 386 g/mol. The number of imidazole rings is 1. The average molecular weight is 404 g/mol. The second-order valence-corrected chi connectivity index (χ2v) is 6.99. The van der Waals surface area contributed by atoms with Crippen LogP contribution >= 0.6 is 15.9 Å². The standard InChI is InChI=1S/C13H18BrN5O5/c1-5(14)12(23)18-10-7-11(16-3-15-10)19(4-17-7)13-9(22)8(21)6(2-20)24-13/h3-6,8-9,12-13,20-23H,2H2,1H3,(H,15,16,18)/t5?,6-,8-,9-,12?,13-/m1/s1. The first-order valence-corrected chi connectivity index (χ1v) is 8.24. The molecule has 24 heavy (non-hydrogen) atoms. The van der Waals surface area contributed by atoms with E-state index in [-0.39, 0.29) is 4.83 Å². The maximum absolute atomic E-state index is 10.1. The van der Waals surface area contributed by atoms with Crippen LogP contribution in [0.3, 0.4) is 0 Å². The molecule has 0 spiro atoms. The molecule has 11 heteroatoms. The molecule has 1 aliphatic heterocycles. The SMILES string of the molecule is CC(Br)C(O)Nc1ncnc2c1ncn2[C@@H]1O[C@H](CO)[C@@H](O)[C@H]1O. The number of alkyl halides is 1. The van der Waals surface area contributed by atoms with Crippen LogP contribution in [0.2, 0.25) is 0 Å². The summed E-state index contributed by atoms with van der Waals surface area (Å²) in [5, 5.41) is 41.9. The van der Waals surface area contributed by atoms with E-state index in [4.69, 9.17) is 4.74 Å². The van der Waals surface area contributed by atoms with E-state index >= 15 is 0 Å². The van der Waals surface area contributed by atoms with Crippen LogP contribution in [0.15, 0.2) is 12.7 Å². The van der Waals surface area contributed by atoms with Crippen molar-refractivity contribution in [1.82, 2.24) is 19.5 Å². The van der Waals surface area contributed by atoms with E-state index in [1.54, 1.807) is 6.92 Å². The lowest BCUT2D eigenvalue weighted by atomic mass is 10.1. The minimum atomic E-state index is -1.24. The Hall–Kier alpha value is -1.37. The van der Waals surface area contributed by atoms with E-state index in [9.17, 15) is 20.4 Å². The fourth-order valence-electron chi connectivity index (χ4n) is 2.51. The van der Waals surface area contributed by atoms with Crippen molar-refractivity contribution in [2.75, 3.05) is 11.9 Å². The number of nitrogens with one attached hydrogen (secondary N) is 1. The second-order valence-electron chi connectivity index (χ2n) is 5.54. The first-order chi connectivity index (χ1) is 11.4. The number of hydrogen-bond acceptors (Lipinski definition) is 9. The van der Waals surface area contributed by atoms with Crippen molar-refractivity contribution in [1.29, 1.82) is 0 Å². The first-order valence-electron chi connectivity index (χ1n) is 7.32. The Balaban J connectivity index is 1.94. The van der Waals surface area contributed by atoms with Gasteiger partial charge in [0, 0.05) is 0 Å². The number of fused-ring (bicyclic) bond motifs is 1. The normalized spacial score (nSPS) is 29.8. The summed E-state index contributed by atoms with van der Waals surface area (Å²) in [5.74, 6) is 0.323. The van der Waals surface area contributed by atoms with Crippen molar-refractivity contribution in [2.45, 2.75) is 42.5 Å². The van der Waals surface area contributed by atoms with E-state index in [1.807, 2.05) is 0 Å². The Labute approximate surface area is 145 Å². The van der Waals surface area contributed by atoms with Crippen molar-refractivity contribution < 1.29 is 25.2 Å². The molecule has 0 aromatic carbocycles. The fourth-order valence-corrected chi connectivity index (χ4v) is 2.64. The molecule has 3 heterocycles. The first kappa shape index (κ1) is 17.5. The molecule has 1 saturated heterocycles. The van der Waals surface area contributed by atoms with Crippen molar-refractivity contribution in [3.63, 3.8) is 0 Å². The van der Waals surface area contributed by atoms with E-state index in [0.29, 0.717) is 17.0 Å². The van der Waals surface area contributed by atoms with Crippen LogP contribution in [0.1, 0.15) is 13.2 Å². The molecule has 0 saturated carbocycles. The third-order valence-electron chi connectivity index (χ3n) is 3.87. The number of aliphatic hydroxyl groups excluding tert-OH is 4. The Kier molecular flexibility index (Phi) is 4.99. The fraction of sp³-hybridized carbons (Fsp3) is 0.615. The van der Waals surface area contributed by atoms with E-state index in [1.165, 1.54) is 17.2 Å². The quantitative estimate of drug-likeness (QED) is 0.311. The molecule has 0 aliphatic carbocycles. The third-order valence-corrected chi connectivity index (χ3v) is 4.37. The number of nitrogens with zero attached hydrogens (tertiary/aromatic N) is 4. The number of anilines is 1. The molecular formula is C13H18BrN5O5. The molecule has 5 N–H and O–H groups in total. The van der Waals surface area contributed by atoms with Crippen LogP contribution in [0.5, 0.6) is 0 Å². The van der Waals surface area contributed by atoms with Crippen molar-refractivity contribution in [3.05, 3.63) is 12.7 Å². The van der Waals surface area contributed by atoms with Gasteiger partial charge in [0.1, 0.15) is 30.9 Å². The van der Waals surface area contributed by atoms with Gasteiger partial charge in [0.15, 0.2) is 23.2 Å². The molecule has 1 fully saturated rings. The number of halogens is 1. The van der Waals surface area contributed by atoms with Gasteiger partial charge < -0.3 is 30.5 Å². The smallest absolute Gasteiger partial charge is 0.167 e. The van der Waals surface area contributed by atoms with Crippen LogP contribution in [0, 0.1) is 0 Å². The lowest BCUT2D eigenvalue weighted by Gasteiger charge is -2.17. The zero-order chi connectivity index (χ0) is 17.4. The Morgan fingerprint density at radius 3 is 2.71 bits per heavy atom. The molecule has 2 unspecified atom stereocenters. The molecule has 10 nitrogen and oxygen atoms in total. The predicted molar refractivity (Wildman–Crippen MR) is 86.4 cm³/mol. The largest absolute Gasteiger partial charge is 0.394 e. The van der Waals surface area contributed by atoms with Gasteiger partial charge in [-0.05, 0) is 6.92 Å². The summed E-state index contributed by atoms with van der Waals surface area (Å²) >= 11 is 3.26. The third kappa shape index (κ3) is 2.98. The summed E-state index contributed by atoms with van der Waals surface area (Å²) in [6.07, 6.45) is -2.48. The van der Waals surface area contributed by atoms with Gasteiger partial charge in [-0.25, -0.2) is 15.0 Å². The van der Waals surface area contributed by atoms with Crippen LogP contribution in [0.4, 0.5) is 5.82 Å². The molecule has 6 atom stereocenters. The van der Waals surface area contributed by atoms with Gasteiger partial charge in [-0.2, -0.15) is 0 Å². The summed E-state index contributed by atoms with van der Waals surface area (Å²) in [6, 6.07) is 0. The Bertz CT molecular complexity index is 713. The number of ether oxygens (including phenoxy) is 1. The Morgan fingerprint density at radius 2 is 2.08 bits per heavy atom. The maximum atomic E-state index is 10.1. The zero-order valence-corrected chi connectivity index (χ0v) is 14.3. The maximum Gasteiger partial charge on any atom is 0.167 e. The number of aromatic nitrogens is 4. The van der Waals surface area contributed by atoms with Gasteiger partial charge in [-0.15, -0.1) is 0 Å². The van der Waals surface area contributed by atoms with Gasteiger partial charge in [0.05, 0.1) is 17.8 Å². The van der Waals surface area contributed by atoms with Gasteiger partial charge in [-0.3, -0.25) is 4.57 Å². The van der Waals surface area contributed by atoms with Gasteiger partial charge in [0.25, 0.3) is 0 Å². The number of rotatable bonds is 5. The van der Waals surface area contributed by atoms with Gasteiger partial charge in [0.2, 0.25) is 0 Å². The highest BCUT2D eigenvalue weighted by Crippen LogP contribution is 2.32. The summed E-state index contributed by atoms with van der Waals surface area (Å²) in [5.41, 5.74) is 0.735. The second kappa shape index (κ2) is 6.86. The zero-order valence-electron chi connectivity index (χ0n) is 12.7. The highest BCUT2D eigenvalue weighted by Gasteiger charge is 2.44. The predicted octanol–water partition coefficient (Wildman–Crippen LogP) is -1.05. The Morgan fingerprint density at radius 1 is 1.33 bits per heavy atom. The topological polar surface area (TPSA) is 146 Å². The van der Waals surface area contributed by atoms with Crippen molar-refractivity contribution in [2.24, 2.45) is 0 Å². The number of aliphatic hydroxyl groups is 4. The van der Waals surface area contributed by atoms with Crippen LogP contribution in [-0.4, -0.2) is 75.9 Å². The molecule has 0 amide bonds. The molecule has 0 radical (unpaired) electrons. The minimum absolute atomic E-state index is 0.218. The van der Waals surface area contributed by atoms with Crippen molar-refractivity contribution in [3.8, 4) is 0 Å². The summed E-state index contributed by atoms with van der Waals surface area (Å²) in [7, 11) is 0. The van der Waals surface area contributed by atoms with Gasteiger partial charge in [-0.1, -0.05) is 15.9 Å². The van der Waals surface area contributed by atoms with E-state index in [2.05, 4.69) is 36.2 Å². The van der Waals surface area contributed by atoms with Gasteiger partial charge >= 0.3 is 0 Å². The van der Waals surface area contributed by atoms with E-state index < -0.39 is 37.4 Å². The highest BCUT2D eigenvalue weighted by molar-refractivity contribution is 9.09. The van der Waals surface area contributed by atoms with E-state index in [0.717, 1.165) is 0 Å². The lowest BCUT2D eigenvalue weighted by Crippen LogP contribution is -2.33. The van der Waals surface area contributed by atoms with Crippen molar-refractivity contribution >= 4 is 32.9 Å². The molecule has 0 bridgehead atoms. The summed E-state index contributed by atoms with van der Waals surface area (Å²) in [4.78, 5) is 12.2. The monoisotopic (exact) mass is 403 g/mol. The summed E-state index contributed by atoms with van der Waals surface area (Å²) in [6.45, 7) is 1.35. The molecule has 2 aromatic rings. The lowest BCUT2D eigenvalue weighted by molar-refractivity contribution is -0.0511.